The van der Waals surface area contributed by atoms with Gasteiger partial charge in [0, 0.05) is 5.02 Å². The second-order valence-corrected chi connectivity index (χ2v) is 4.39. The lowest BCUT2D eigenvalue weighted by Crippen LogP contribution is -2.07. The molecule has 18 heavy (non-hydrogen) atoms. The Balaban J connectivity index is 2.19. The molecule has 1 atom stereocenters. The fraction of sp³-hybridized carbons (Fsp3) is 0.286. The van der Waals surface area contributed by atoms with Gasteiger partial charge in [-0.25, -0.2) is 0 Å². The van der Waals surface area contributed by atoms with Gasteiger partial charge in [-0.15, -0.1) is 0 Å². The third-order valence-corrected chi connectivity index (χ3v) is 2.82. The number of ether oxygens (including phenoxy) is 1. The van der Waals surface area contributed by atoms with Crippen molar-refractivity contribution >= 4 is 17.3 Å². The molecule has 96 valence electrons. The predicted octanol–water partition coefficient (Wildman–Crippen LogP) is 4.50. The molecule has 4 heteroatoms. The Morgan fingerprint density at radius 1 is 1.39 bits per heavy atom. The Morgan fingerprint density at radius 3 is 2.89 bits per heavy atom. The highest BCUT2D eigenvalue weighted by Gasteiger charge is 2.11. The molecule has 0 bridgehead atoms. The maximum absolute atomic E-state index is 6.01. The van der Waals surface area contributed by atoms with Crippen molar-refractivity contribution in [1.29, 1.82) is 0 Å². The molecule has 0 aliphatic heterocycles. The molecule has 0 aliphatic rings. The Kier molecular flexibility index (Phi) is 4.15. The Hall–Kier alpha value is -1.61. The van der Waals surface area contributed by atoms with Gasteiger partial charge in [-0.05, 0) is 44.2 Å². The van der Waals surface area contributed by atoms with Gasteiger partial charge in [0.25, 0.3) is 0 Å². The molecule has 1 aromatic heterocycles. The first kappa shape index (κ1) is 12.8. The van der Waals surface area contributed by atoms with Crippen LogP contribution in [0.1, 0.15) is 25.6 Å². The first-order valence-corrected chi connectivity index (χ1v) is 6.30. The van der Waals surface area contributed by atoms with E-state index in [0.717, 1.165) is 17.2 Å². The van der Waals surface area contributed by atoms with E-state index in [2.05, 4.69) is 5.32 Å². The molecule has 0 amide bonds. The van der Waals surface area contributed by atoms with Crippen molar-refractivity contribution in [1.82, 2.24) is 0 Å². The van der Waals surface area contributed by atoms with Crippen LogP contribution >= 0.6 is 11.6 Å². The lowest BCUT2D eigenvalue weighted by Gasteiger charge is -2.16. The number of hydrogen-bond donors (Lipinski definition) is 1. The van der Waals surface area contributed by atoms with E-state index in [-0.39, 0.29) is 6.04 Å². The Bertz CT molecular complexity index is 497. The summed E-state index contributed by atoms with van der Waals surface area (Å²) in [7, 11) is 0. The number of benzene rings is 1. The van der Waals surface area contributed by atoms with Gasteiger partial charge in [-0.2, -0.15) is 0 Å². The summed E-state index contributed by atoms with van der Waals surface area (Å²) in [5, 5.41) is 4.01. The lowest BCUT2D eigenvalue weighted by molar-refractivity contribution is 0.341. The zero-order valence-corrected chi connectivity index (χ0v) is 11.2. The van der Waals surface area contributed by atoms with E-state index in [4.69, 9.17) is 20.8 Å². The van der Waals surface area contributed by atoms with Crippen molar-refractivity contribution in [3.8, 4) is 5.75 Å². The fourth-order valence-corrected chi connectivity index (χ4v) is 1.91. The normalized spacial score (nSPS) is 12.2. The van der Waals surface area contributed by atoms with Gasteiger partial charge in [0.2, 0.25) is 0 Å². The van der Waals surface area contributed by atoms with Crippen molar-refractivity contribution in [3.05, 3.63) is 47.4 Å². The van der Waals surface area contributed by atoms with Crippen LogP contribution in [0.4, 0.5) is 5.69 Å². The molecule has 1 unspecified atom stereocenters. The highest BCUT2D eigenvalue weighted by Crippen LogP contribution is 2.31. The number of halogens is 1. The van der Waals surface area contributed by atoms with Crippen LogP contribution in [0.15, 0.2) is 41.0 Å². The number of nitrogens with one attached hydrogen (secondary N) is 1. The average molecular weight is 266 g/mol. The van der Waals surface area contributed by atoms with Crippen LogP contribution in [-0.4, -0.2) is 6.61 Å². The van der Waals surface area contributed by atoms with Crippen LogP contribution in [0.5, 0.6) is 5.75 Å². The lowest BCUT2D eigenvalue weighted by atomic mass is 10.2. The SMILES string of the molecule is CCOc1ccc(Cl)cc1NC(C)c1ccco1. The number of anilines is 1. The van der Waals surface area contributed by atoms with Gasteiger partial charge in [0.1, 0.15) is 11.5 Å². The van der Waals surface area contributed by atoms with E-state index in [0.29, 0.717) is 11.6 Å². The van der Waals surface area contributed by atoms with E-state index in [9.17, 15) is 0 Å². The highest BCUT2D eigenvalue weighted by atomic mass is 35.5. The first-order chi connectivity index (χ1) is 8.70. The van der Waals surface area contributed by atoms with E-state index in [1.807, 2.05) is 44.2 Å². The summed E-state index contributed by atoms with van der Waals surface area (Å²) in [6.45, 7) is 4.59. The quantitative estimate of drug-likeness (QED) is 0.864. The second-order valence-electron chi connectivity index (χ2n) is 3.95. The first-order valence-electron chi connectivity index (χ1n) is 5.93. The summed E-state index contributed by atoms with van der Waals surface area (Å²) in [5.74, 6) is 1.66. The summed E-state index contributed by atoms with van der Waals surface area (Å²) in [6, 6.07) is 9.39. The van der Waals surface area contributed by atoms with E-state index >= 15 is 0 Å². The molecule has 0 radical (unpaired) electrons. The minimum absolute atomic E-state index is 0.0534. The van der Waals surface area contributed by atoms with Gasteiger partial charge >= 0.3 is 0 Å². The van der Waals surface area contributed by atoms with Crippen molar-refractivity contribution in [2.75, 3.05) is 11.9 Å². The topological polar surface area (TPSA) is 34.4 Å². The average Bonchev–Trinajstić information content (AvgIpc) is 2.86. The fourth-order valence-electron chi connectivity index (χ4n) is 1.74. The van der Waals surface area contributed by atoms with Gasteiger partial charge in [0.05, 0.1) is 24.6 Å². The molecule has 0 spiro atoms. The summed E-state index contributed by atoms with van der Waals surface area (Å²) in [6.07, 6.45) is 1.66. The van der Waals surface area contributed by atoms with E-state index in [1.165, 1.54) is 0 Å². The molecule has 1 aromatic carbocycles. The van der Waals surface area contributed by atoms with Gasteiger partial charge in [0.15, 0.2) is 0 Å². The molecule has 0 saturated heterocycles. The Morgan fingerprint density at radius 2 is 2.22 bits per heavy atom. The summed E-state index contributed by atoms with van der Waals surface area (Å²) in [5.41, 5.74) is 0.869. The van der Waals surface area contributed by atoms with Crippen molar-refractivity contribution in [3.63, 3.8) is 0 Å². The van der Waals surface area contributed by atoms with Crippen LogP contribution in [0.2, 0.25) is 5.02 Å². The monoisotopic (exact) mass is 265 g/mol. The number of furan rings is 1. The van der Waals surface area contributed by atoms with Crippen LogP contribution in [-0.2, 0) is 0 Å². The summed E-state index contributed by atoms with van der Waals surface area (Å²) < 4.78 is 10.9. The van der Waals surface area contributed by atoms with Gasteiger partial charge < -0.3 is 14.5 Å². The van der Waals surface area contributed by atoms with E-state index in [1.54, 1.807) is 6.26 Å². The Labute approximate surface area is 112 Å². The van der Waals surface area contributed by atoms with Crippen molar-refractivity contribution < 1.29 is 9.15 Å². The van der Waals surface area contributed by atoms with Crippen LogP contribution in [0, 0.1) is 0 Å². The maximum atomic E-state index is 6.01. The van der Waals surface area contributed by atoms with Gasteiger partial charge in [-0.3, -0.25) is 0 Å². The van der Waals surface area contributed by atoms with E-state index < -0.39 is 0 Å². The summed E-state index contributed by atoms with van der Waals surface area (Å²) in [4.78, 5) is 0. The number of hydrogen-bond acceptors (Lipinski definition) is 3. The molecular formula is C14H16ClNO2. The molecule has 1 N–H and O–H groups in total. The molecule has 0 fully saturated rings. The van der Waals surface area contributed by atoms with Crippen LogP contribution < -0.4 is 10.1 Å². The summed E-state index contributed by atoms with van der Waals surface area (Å²) >= 11 is 6.01. The molecule has 2 rings (SSSR count). The molecule has 3 nitrogen and oxygen atoms in total. The smallest absolute Gasteiger partial charge is 0.142 e. The third kappa shape index (κ3) is 2.99. The molecule has 0 aliphatic carbocycles. The van der Waals surface area contributed by atoms with Crippen LogP contribution in [0.25, 0.3) is 0 Å². The maximum Gasteiger partial charge on any atom is 0.142 e. The third-order valence-electron chi connectivity index (χ3n) is 2.58. The van der Waals surface area contributed by atoms with Crippen molar-refractivity contribution in [2.24, 2.45) is 0 Å². The standard InChI is InChI=1S/C14H16ClNO2/c1-3-17-14-7-6-11(15)9-12(14)16-10(2)13-5-4-8-18-13/h4-10,16H,3H2,1-2H3. The molecular weight excluding hydrogens is 250 g/mol. The highest BCUT2D eigenvalue weighted by molar-refractivity contribution is 6.30. The molecule has 0 saturated carbocycles. The van der Waals surface area contributed by atoms with Crippen LogP contribution in [0.3, 0.4) is 0 Å². The minimum Gasteiger partial charge on any atom is -0.492 e. The predicted molar refractivity (Wildman–Crippen MR) is 73.4 cm³/mol. The minimum atomic E-state index is 0.0534. The number of rotatable bonds is 5. The second kappa shape index (κ2) is 5.83. The largest absolute Gasteiger partial charge is 0.492 e. The molecule has 2 aromatic rings. The van der Waals surface area contributed by atoms with Crippen molar-refractivity contribution in [2.45, 2.75) is 19.9 Å². The molecule has 1 heterocycles. The zero-order chi connectivity index (χ0) is 13.0. The zero-order valence-electron chi connectivity index (χ0n) is 10.4. The van der Waals surface area contributed by atoms with Gasteiger partial charge in [-0.1, -0.05) is 11.6 Å².